The Bertz CT molecular complexity index is 2750. The largest absolute Gasteiger partial charge is 0.495 e. The molecule has 0 spiro atoms. The third kappa shape index (κ3) is 18.4. The van der Waals surface area contributed by atoms with Crippen molar-refractivity contribution in [3.05, 3.63) is 70.3 Å². The molecule has 464 valence electrons. The number of urea groups is 1. The van der Waals surface area contributed by atoms with Gasteiger partial charge < -0.3 is 69.7 Å². The first-order chi connectivity index (χ1) is 39.7. The van der Waals surface area contributed by atoms with Gasteiger partial charge in [-0.05, 0) is 114 Å². The van der Waals surface area contributed by atoms with Crippen molar-refractivity contribution in [3.63, 3.8) is 0 Å². The standard InChI is InChI=1S/C58H81Br2ClN8O15/c1-32(2)49(64-39(28-70)16-12-15-35(5)83-57(29-59,30-60)31-71)52(74)67-41(17-13-21-63-53(62)75)51(73)66-40-20-19-38(23-34(40)4)65-54(76)82-46-26-47(72)69(8)42-24-37(25-43(79-9)48(42)61)22-33(3)14-11-18-45(80-10)58(78)27-44(81-55(77)68-58)36(6)50-56(46,7)84-50/h11,14,18-20,23-25,28,31-32,35-36,39,41,44-46,49-50,64,78H,12-13,15-17,21-22,26-27,29-30H2,1-10H3,(H,65,76)(H,66,73)(H,67,74)(H,68,77)(H3,62,63,75)/b18-11+,33-14+/t35?,36-,39?,41+,44+,45-,46+,49+,50+,56+,58+/m1/s1. The van der Waals surface area contributed by atoms with Crippen LogP contribution >= 0.6 is 43.5 Å². The number of benzene rings is 2. The first kappa shape index (κ1) is 69.1. The van der Waals surface area contributed by atoms with Crippen LogP contribution < -0.4 is 47.3 Å². The lowest BCUT2D eigenvalue weighted by atomic mass is 9.83. The fraction of sp³-hybridized carbons (Fsp3) is 0.586. The summed E-state index contributed by atoms with van der Waals surface area (Å²) in [5, 5.41) is 29.2. The van der Waals surface area contributed by atoms with Crippen LogP contribution in [0.1, 0.15) is 97.6 Å². The lowest BCUT2D eigenvalue weighted by Gasteiger charge is -2.42. The highest BCUT2D eigenvalue weighted by molar-refractivity contribution is 9.10. The molecule has 23 nitrogen and oxygen atoms in total. The summed E-state index contributed by atoms with van der Waals surface area (Å²) in [5.74, 6) is -2.25. The number of primary amides is 1. The fourth-order valence-corrected chi connectivity index (χ4v) is 12.1. The highest BCUT2D eigenvalue weighted by atomic mass is 79.9. The Balaban J connectivity index is 1.34. The molecule has 9 N–H and O–H groups in total. The molecule has 4 bridgehead atoms. The minimum absolute atomic E-state index is 0.0804. The number of alkyl halides is 2. The molecule has 84 heavy (non-hydrogen) atoms. The maximum Gasteiger partial charge on any atom is 0.412 e. The van der Waals surface area contributed by atoms with Crippen LogP contribution in [-0.2, 0) is 54.1 Å². The Labute approximate surface area is 512 Å². The number of hydrogen-bond acceptors (Lipinski definition) is 16. The number of rotatable bonds is 25. The summed E-state index contributed by atoms with van der Waals surface area (Å²) < 4.78 is 35.5. The van der Waals surface area contributed by atoms with Crippen molar-refractivity contribution in [3.8, 4) is 5.75 Å². The molecule has 2 unspecified atom stereocenters. The topological polar surface area (TPSA) is 317 Å². The number of allylic oxidation sites excluding steroid dienone is 3. The predicted molar refractivity (Wildman–Crippen MR) is 324 cm³/mol. The van der Waals surface area contributed by atoms with Gasteiger partial charge in [-0.25, -0.2) is 14.4 Å². The van der Waals surface area contributed by atoms with Crippen molar-refractivity contribution >= 4 is 109 Å². The van der Waals surface area contributed by atoms with Crippen LogP contribution in [0.3, 0.4) is 0 Å². The van der Waals surface area contributed by atoms with Crippen molar-refractivity contribution in [1.29, 1.82) is 0 Å². The van der Waals surface area contributed by atoms with Gasteiger partial charge in [0.25, 0.3) is 0 Å². The quantitative estimate of drug-likeness (QED) is 0.0214. The third-order valence-electron chi connectivity index (χ3n) is 15.3. The van der Waals surface area contributed by atoms with Crippen LogP contribution in [0.25, 0.3) is 0 Å². The summed E-state index contributed by atoms with van der Waals surface area (Å²) in [6, 6.07) is 4.66. The number of methoxy groups -OCH3 is 2. The van der Waals surface area contributed by atoms with E-state index in [-0.39, 0.29) is 48.5 Å². The minimum atomic E-state index is -1.90. The molecule has 2 aromatic carbocycles. The van der Waals surface area contributed by atoms with Gasteiger partial charge in [-0.2, -0.15) is 0 Å². The molecular weight excluding hydrogens is 1240 g/mol. The van der Waals surface area contributed by atoms with Crippen molar-refractivity contribution in [2.24, 2.45) is 17.6 Å². The molecule has 3 aliphatic rings. The van der Waals surface area contributed by atoms with Gasteiger partial charge >= 0.3 is 18.2 Å². The second kappa shape index (κ2) is 31.1. The molecule has 0 aliphatic carbocycles. The number of aliphatic hydroxyl groups is 1. The lowest BCUT2D eigenvalue weighted by Crippen LogP contribution is -2.63. The van der Waals surface area contributed by atoms with Crippen LogP contribution in [0, 0.1) is 18.8 Å². The molecule has 5 rings (SSSR count). The van der Waals surface area contributed by atoms with Gasteiger partial charge in [0.2, 0.25) is 17.7 Å². The third-order valence-corrected chi connectivity index (χ3v) is 17.5. The van der Waals surface area contributed by atoms with Gasteiger partial charge in [-0.3, -0.25) is 30.3 Å². The van der Waals surface area contributed by atoms with Crippen molar-refractivity contribution in [2.45, 2.75) is 165 Å². The van der Waals surface area contributed by atoms with Crippen molar-refractivity contribution < 1.29 is 71.9 Å². The fourth-order valence-electron chi connectivity index (χ4n) is 10.3. The van der Waals surface area contributed by atoms with E-state index in [0.717, 1.165) is 23.7 Å². The van der Waals surface area contributed by atoms with Gasteiger partial charge in [0, 0.05) is 55.1 Å². The zero-order chi connectivity index (χ0) is 62.3. The predicted octanol–water partition coefficient (Wildman–Crippen LogP) is 7.04. The molecule has 3 heterocycles. The summed E-state index contributed by atoms with van der Waals surface area (Å²) in [6.07, 6.45) is 2.21. The number of alkyl carbamates (subject to hydrolysis) is 1. The first-order valence-corrected chi connectivity index (χ1v) is 30.4. The number of carbonyl (C=O) groups is 8. The zero-order valence-corrected chi connectivity index (χ0v) is 53.1. The summed E-state index contributed by atoms with van der Waals surface area (Å²) in [4.78, 5) is 107. The molecule has 0 aromatic heterocycles. The molecule has 2 fully saturated rings. The SMILES string of the molecule is COc1cc2cc(c1Cl)N(C)C(=O)C[C@H](OC(=O)Nc1ccc(NC(=O)[C@H](CCCNC(N)=O)NC(=O)[C@@H](NC(C=O)CCCC(C)OC(C=O)(CBr)CBr)C(C)C)c(C)c1)[C@]1(C)O[C@H]1[C@H](C)[C@@H]1C[C@@](O)(NC(=O)O1)[C@H](OC)/C=C/C=C(\C)C2. The number of aldehydes is 2. The molecule has 7 amide bonds. The average molecular weight is 1330 g/mol. The summed E-state index contributed by atoms with van der Waals surface area (Å²) in [7, 11) is 4.41. The molecule has 11 atom stereocenters. The van der Waals surface area contributed by atoms with E-state index in [1.807, 2.05) is 19.9 Å². The normalized spacial score (nSPS) is 25.2. The van der Waals surface area contributed by atoms with Gasteiger partial charge in [0.15, 0.2) is 12.0 Å². The number of hydrogen-bond donors (Lipinski definition) is 8. The van der Waals surface area contributed by atoms with E-state index in [1.165, 1.54) is 25.2 Å². The first-order valence-electron chi connectivity index (χ1n) is 27.8. The molecule has 0 radical (unpaired) electrons. The number of carbonyl (C=O) groups excluding carboxylic acids is 8. The minimum Gasteiger partial charge on any atom is -0.495 e. The summed E-state index contributed by atoms with van der Waals surface area (Å²) >= 11 is 13.5. The Morgan fingerprint density at radius 3 is 2.36 bits per heavy atom. The number of halogens is 3. The highest BCUT2D eigenvalue weighted by Crippen LogP contribution is 2.49. The smallest absolute Gasteiger partial charge is 0.412 e. The molecule has 0 saturated carbocycles. The van der Waals surface area contributed by atoms with Crippen molar-refractivity contribution in [1.82, 2.24) is 21.3 Å². The number of epoxide rings is 1. The monoisotopic (exact) mass is 1320 g/mol. The number of amides is 7. The molecule has 26 heteroatoms. The Morgan fingerprint density at radius 2 is 1.74 bits per heavy atom. The lowest BCUT2D eigenvalue weighted by molar-refractivity contribution is -0.142. The Morgan fingerprint density at radius 1 is 1.02 bits per heavy atom. The van der Waals surface area contributed by atoms with Crippen molar-refractivity contribution in [2.75, 3.05) is 54.0 Å². The van der Waals surface area contributed by atoms with E-state index in [2.05, 4.69) is 63.8 Å². The number of fused-ring (bicyclic) bond motifs is 5. The van der Waals surface area contributed by atoms with Gasteiger partial charge in [0.05, 0.1) is 43.5 Å². The number of anilines is 3. The molecular formula is C58H81Br2ClN8O15. The van der Waals surface area contributed by atoms with E-state index in [1.54, 1.807) is 78.1 Å². The summed E-state index contributed by atoms with van der Waals surface area (Å²) in [6.45, 7) is 12.6. The van der Waals surface area contributed by atoms with Crippen LogP contribution in [0.5, 0.6) is 5.75 Å². The zero-order valence-electron chi connectivity index (χ0n) is 49.1. The van der Waals surface area contributed by atoms with E-state index in [9.17, 15) is 43.5 Å². The van der Waals surface area contributed by atoms with Crippen LogP contribution in [0.2, 0.25) is 5.02 Å². The molecule has 3 aliphatic heterocycles. The summed E-state index contributed by atoms with van der Waals surface area (Å²) in [5.41, 5.74) is 4.07. The van der Waals surface area contributed by atoms with Crippen LogP contribution in [0.15, 0.2) is 54.1 Å². The number of aryl methyl sites for hydroxylation is 1. The van der Waals surface area contributed by atoms with Gasteiger partial charge in [0.1, 0.15) is 52.6 Å². The Hall–Kier alpha value is -5.67. The van der Waals surface area contributed by atoms with E-state index < -0.39 is 108 Å². The highest BCUT2D eigenvalue weighted by Gasteiger charge is 2.64. The Kier molecular flexibility index (Phi) is 25.6. The van der Waals surface area contributed by atoms with Crippen LogP contribution in [0.4, 0.5) is 31.4 Å². The average Bonchev–Trinajstić information content (AvgIpc) is 1.87. The number of nitrogens with zero attached hydrogens (tertiary/aromatic N) is 1. The maximum atomic E-state index is 14.4. The second-order valence-corrected chi connectivity index (χ2v) is 23.8. The van der Waals surface area contributed by atoms with Crippen LogP contribution in [-0.4, -0.2) is 158 Å². The number of ether oxygens (including phenoxy) is 6. The molecule has 2 saturated heterocycles. The van der Waals surface area contributed by atoms with E-state index >= 15 is 0 Å². The van der Waals surface area contributed by atoms with Gasteiger partial charge in [-0.15, -0.1) is 0 Å². The number of nitrogens with one attached hydrogen (secondary N) is 6. The second-order valence-electron chi connectivity index (χ2n) is 22.3. The number of nitrogens with two attached hydrogens (primary N) is 1. The maximum absolute atomic E-state index is 14.4. The molecule has 2 aromatic rings. The van der Waals surface area contributed by atoms with E-state index in [0.29, 0.717) is 59.0 Å². The van der Waals surface area contributed by atoms with E-state index in [4.69, 9.17) is 45.8 Å². The van der Waals surface area contributed by atoms with Gasteiger partial charge in [-0.1, -0.05) is 88.0 Å².